The number of aryl methyl sites for hydroxylation is 1. The van der Waals surface area contributed by atoms with Gasteiger partial charge in [-0.15, -0.1) is 12.6 Å². The highest BCUT2D eigenvalue weighted by atomic mass is 32.1. The Morgan fingerprint density at radius 1 is 1.36 bits per heavy atom. The van der Waals surface area contributed by atoms with Crippen molar-refractivity contribution in [3.8, 4) is 0 Å². The second-order valence-corrected chi connectivity index (χ2v) is 4.10. The highest BCUT2D eigenvalue weighted by Crippen LogP contribution is 2.27. The number of rotatable bonds is 1. The summed E-state index contributed by atoms with van der Waals surface area (Å²) in [5.41, 5.74) is 3.98. The zero-order valence-corrected chi connectivity index (χ0v) is 9.27. The molecule has 0 saturated heterocycles. The van der Waals surface area contributed by atoms with Crippen LogP contribution in [0.25, 0.3) is 5.57 Å². The first kappa shape index (κ1) is 9.81. The Hall–Kier alpha value is -0.730. The molecule has 1 aromatic rings. The summed E-state index contributed by atoms with van der Waals surface area (Å²) in [4.78, 5) is 1.13. The summed E-state index contributed by atoms with van der Waals surface area (Å²) in [7, 11) is 0. The predicted octanol–water partition coefficient (Wildman–Crippen LogP) is 2.66. The van der Waals surface area contributed by atoms with E-state index in [9.17, 15) is 0 Å². The minimum Gasteiger partial charge on any atom is -0.313 e. The van der Waals surface area contributed by atoms with Crippen LogP contribution in [0.2, 0.25) is 0 Å². The predicted molar refractivity (Wildman–Crippen MR) is 63.9 cm³/mol. The first-order valence-electron chi connectivity index (χ1n) is 4.98. The summed E-state index contributed by atoms with van der Waals surface area (Å²) in [6, 6.07) is 6.37. The van der Waals surface area contributed by atoms with Crippen molar-refractivity contribution in [1.29, 1.82) is 0 Å². The van der Waals surface area contributed by atoms with E-state index in [-0.39, 0.29) is 0 Å². The van der Waals surface area contributed by atoms with Crippen LogP contribution in [0.15, 0.2) is 29.2 Å². The summed E-state index contributed by atoms with van der Waals surface area (Å²) >= 11 is 4.56. The SMILES string of the molecule is Cc1cccc(C2=CCNCC2)c1S. The molecule has 0 aliphatic carbocycles. The van der Waals surface area contributed by atoms with E-state index in [1.165, 1.54) is 16.7 Å². The fourth-order valence-electron chi connectivity index (χ4n) is 1.79. The molecule has 0 unspecified atom stereocenters. The quantitative estimate of drug-likeness (QED) is 0.672. The molecular formula is C12H15NS. The fourth-order valence-corrected chi connectivity index (χ4v) is 2.08. The average molecular weight is 205 g/mol. The fraction of sp³-hybridized carbons (Fsp3) is 0.333. The maximum absolute atomic E-state index is 4.56. The van der Waals surface area contributed by atoms with Crippen LogP contribution in [-0.4, -0.2) is 13.1 Å². The number of benzene rings is 1. The Morgan fingerprint density at radius 3 is 2.93 bits per heavy atom. The lowest BCUT2D eigenvalue weighted by molar-refractivity contribution is 0.737. The van der Waals surface area contributed by atoms with Crippen molar-refractivity contribution in [1.82, 2.24) is 5.32 Å². The molecular weight excluding hydrogens is 190 g/mol. The van der Waals surface area contributed by atoms with Gasteiger partial charge >= 0.3 is 0 Å². The zero-order chi connectivity index (χ0) is 9.97. The van der Waals surface area contributed by atoms with Gasteiger partial charge in [-0.3, -0.25) is 0 Å². The van der Waals surface area contributed by atoms with E-state index in [1.807, 2.05) is 0 Å². The molecule has 0 aromatic heterocycles. The number of thiol groups is 1. The molecule has 14 heavy (non-hydrogen) atoms. The van der Waals surface area contributed by atoms with Gasteiger partial charge in [-0.1, -0.05) is 24.3 Å². The second kappa shape index (κ2) is 4.20. The highest BCUT2D eigenvalue weighted by molar-refractivity contribution is 7.80. The molecule has 1 aliphatic rings. The van der Waals surface area contributed by atoms with Crippen LogP contribution in [0, 0.1) is 6.92 Å². The smallest absolute Gasteiger partial charge is 0.0145 e. The number of hydrogen-bond acceptors (Lipinski definition) is 2. The second-order valence-electron chi connectivity index (χ2n) is 3.65. The number of nitrogens with one attached hydrogen (secondary N) is 1. The Morgan fingerprint density at radius 2 is 2.21 bits per heavy atom. The minimum absolute atomic E-state index is 0.983. The molecule has 2 rings (SSSR count). The normalized spacial score (nSPS) is 16.6. The van der Waals surface area contributed by atoms with Crippen LogP contribution in [0.1, 0.15) is 17.5 Å². The summed E-state index contributed by atoms with van der Waals surface area (Å²) < 4.78 is 0. The van der Waals surface area contributed by atoms with Crippen LogP contribution < -0.4 is 5.32 Å². The van der Waals surface area contributed by atoms with E-state index in [2.05, 4.69) is 49.1 Å². The van der Waals surface area contributed by atoms with Gasteiger partial charge in [0, 0.05) is 11.4 Å². The van der Waals surface area contributed by atoms with Crippen molar-refractivity contribution >= 4 is 18.2 Å². The van der Waals surface area contributed by atoms with Gasteiger partial charge < -0.3 is 5.32 Å². The van der Waals surface area contributed by atoms with Gasteiger partial charge in [0.05, 0.1) is 0 Å². The molecule has 1 nitrogen and oxygen atoms in total. The van der Waals surface area contributed by atoms with E-state index in [1.54, 1.807) is 0 Å². The van der Waals surface area contributed by atoms with Crippen molar-refractivity contribution in [2.24, 2.45) is 0 Å². The summed E-state index contributed by atoms with van der Waals surface area (Å²) in [6.45, 7) is 4.16. The van der Waals surface area contributed by atoms with Crippen LogP contribution in [0.4, 0.5) is 0 Å². The molecule has 1 aromatic carbocycles. The lowest BCUT2D eigenvalue weighted by Gasteiger charge is -2.16. The molecule has 1 aliphatic heterocycles. The Bertz CT molecular complexity index is 369. The van der Waals surface area contributed by atoms with E-state index in [0.29, 0.717) is 0 Å². The lowest BCUT2D eigenvalue weighted by Crippen LogP contribution is -2.20. The van der Waals surface area contributed by atoms with Crippen LogP contribution in [-0.2, 0) is 0 Å². The third kappa shape index (κ3) is 1.86. The first-order valence-corrected chi connectivity index (χ1v) is 5.42. The summed E-state index contributed by atoms with van der Waals surface area (Å²) in [5.74, 6) is 0. The molecule has 0 spiro atoms. The minimum atomic E-state index is 0.983. The standard InChI is InChI=1S/C12H15NS/c1-9-3-2-4-11(12(9)14)10-5-7-13-8-6-10/h2-5,13-14H,6-8H2,1H3. The maximum atomic E-state index is 4.56. The molecule has 0 fully saturated rings. The molecule has 0 bridgehead atoms. The van der Waals surface area contributed by atoms with Gasteiger partial charge in [0.25, 0.3) is 0 Å². The lowest BCUT2D eigenvalue weighted by atomic mass is 9.98. The Kier molecular flexibility index (Phi) is 2.94. The van der Waals surface area contributed by atoms with Crippen LogP contribution in [0.3, 0.4) is 0 Å². The van der Waals surface area contributed by atoms with Gasteiger partial charge in [0.2, 0.25) is 0 Å². The monoisotopic (exact) mass is 205 g/mol. The van der Waals surface area contributed by atoms with Gasteiger partial charge in [-0.2, -0.15) is 0 Å². The Labute approximate surface area is 90.6 Å². The molecule has 1 heterocycles. The zero-order valence-electron chi connectivity index (χ0n) is 8.38. The van der Waals surface area contributed by atoms with Crippen molar-refractivity contribution in [2.45, 2.75) is 18.2 Å². The third-order valence-electron chi connectivity index (χ3n) is 2.65. The average Bonchev–Trinajstić information content (AvgIpc) is 2.23. The van der Waals surface area contributed by atoms with Crippen molar-refractivity contribution in [3.05, 3.63) is 35.4 Å². The van der Waals surface area contributed by atoms with E-state index in [4.69, 9.17) is 0 Å². The molecule has 1 N–H and O–H groups in total. The van der Waals surface area contributed by atoms with Crippen molar-refractivity contribution in [3.63, 3.8) is 0 Å². The van der Waals surface area contributed by atoms with Crippen molar-refractivity contribution in [2.75, 3.05) is 13.1 Å². The van der Waals surface area contributed by atoms with Crippen LogP contribution in [0.5, 0.6) is 0 Å². The summed E-state index contributed by atoms with van der Waals surface area (Å²) in [5, 5.41) is 3.32. The van der Waals surface area contributed by atoms with E-state index >= 15 is 0 Å². The molecule has 0 amide bonds. The molecule has 74 valence electrons. The van der Waals surface area contributed by atoms with E-state index < -0.39 is 0 Å². The van der Waals surface area contributed by atoms with Crippen molar-refractivity contribution < 1.29 is 0 Å². The third-order valence-corrected chi connectivity index (χ3v) is 3.24. The van der Waals surface area contributed by atoms with E-state index in [0.717, 1.165) is 24.4 Å². The highest BCUT2D eigenvalue weighted by Gasteiger charge is 2.09. The van der Waals surface area contributed by atoms with Gasteiger partial charge in [0.1, 0.15) is 0 Å². The topological polar surface area (TPSA) is 12.0 Å². The van der Waals surface area contributed by atoms with Crippen LogP contribution >= 0.6 is 12.6 Å². The maximum Gasteiger partial charge on any atom is 0.0145 e. The van der Waals surface area contributed by atoms with Gasteiger partial charge in [0.15, 0.2) is 0 Å². The van der Waals surface area contributed by atoms with Gasteiger partial charge in [-0.25, -0.2) is 0 Å². The molecule has 0 atom stereocenters. The van der Waals surface area contributed by atoms with Gasteiger partial charge in [-0.05, 0) is 36.6 Å². The molecule has 0 radical (unpaired) electrons. The number of hydrogen-bond donors (Lipinski definition) is 2. The first-order chi connectivity index (χ1) is 6.79. The summed E-state index contributed by atoms with van der Waals surface area (Å²) in [6.07, 6.45) is 3.37. The molecule has 0 saturated carbocycles. The largest absolute Gasteiger partial charge is 0.313 e. The molecule has 2 heteroatoms. The Balaban J connectivity index is 2.40.